The molecule has 1 aliphatic rings. The van der Waals surface area contributed by atoms with Gasteiger partial charge in [-0.3, -0.25) is 19.4 Å². The summed E-state index contributed by atoms with van der Waals surface area (Å²) in [7, 11) is 0. The maximum absolute atomic E-state index is 13.5. The van der Waals surface area contributed by atoms with Crippen molar-refractivity contribution in [2.45, 2.75) is 111 Å². The monoisotopic (exact) mass is 516 g/mol. The number of aliphatic hydroxyl groups is 1. The Kier molecular flexibility index (Phi) is 13.0. The van der Waals surface area contributed by atoms with Crippen LogP contribution in [0.1, 0.15) is 91.7 Å². The Morgan fingerprint density at radius 2 is 1.76 bits per heavy atom. The molecule has 208 valence electrons. The summed E-state index contributed by atoms with van der Waals surface area (Å²) >= 11 is 0. The fourth-order valence-electron chi connectivity index (χ4n) is 5.21. The minimum Gasteiger partial charge on any atom is -0.391 e. The van der Waals surface area contributed by atoms with Crippen molar-refractivity contribution < 1.29 is 19.5 Å². The first kappa shape index (κ1) is 30.7. The molecule has 1 fully saturated rings. The number of aromatic nitrogens is 1. The average molecular weight is 517 g/mol. The van der Waals surface area contributed by atoms with Crippen LogP contribution in [0.15, 0.2) is 24.4 Å². The highest BCUT2D eigenvalue weighted by atomic mass is 16.3. The molecule has 0 bridgehead atoms. The first-order valence-corrected chi connectivity index (χ1v) is 14.0. The Morgan fingerprint density at radius 1 is 1.05 bits per heavy atom. The largest absolute Gasteiger partial charge is 0.391 e. The van der Waals surface area contributed by atoms with E-state index in [0.29, 0.717) is 5.92 Å². The lowest BCUT2D eigenvalue weighted by atomic mass is 9.81. The molecule has 5 atom stereocenters. The van der Waals surface area contributed by atoms with E-state index in [1.807, 2.05) is 45.9 Å². The van der Waals surface area contributed by atoms with E-state index in [-0.39, 0.29) is 48.6 Å². The summed E-state index contributed by atoms with van der Waals surface area (Å²) in [6.07, 6.45) is 8.34. The van der Waals surface area contributed by atoms with Crippen molar-refractivity contribution in [3.8, 4) is 0 Å². The van der Waals surface area contributed by atoms with Crippen LogP contribution in [0.4, 0.5) is 0 Å². The Morgan fingerprint density at radius 3 is 2.32 bits per heavy atom. The summed E-state index contributed by atoms with van der Waals surface area (Å²) in [5.41, 5.74) is 0.746. The zero-order valence-corrected chi connectivity index (χ0v) is 23.3. The van der Waals surface area contributed by atoms with Gasteiger partial charge in [0.05, 0.1) is 24.4 Å². The summed E-state index contributed by atoms with van der Waals surface area (Å²) < 4.78 is 0. The van der Waals surface area contributed by atoms with Crippen molar-refractivity contribution >= 4 is 17.7 Å². The highest BCUT2D eigenvalue weighted by Crippen LogP contribution is 2.29. The molecule has 8 heteroatoms. The molecule has 1 aromatic rings. The number of nitrogens with one attached hydrogen (secondary N) is 3. The van der Waals surface area contributed by atoms with E-state index in [1.54, 1.807) is 6.20 Å². The first-order chi connectivity index (χ1) is 17.6. The average Bonchev–Trinajstić information content (AvgIpc) is 2.88. The van der Waals surface area contributed by atoms with Crippen molar-refractivity contribution in [1.82, 2.24) is 20.9 Å². The molecule has 1 heterocycles. The number of nitrogens with zero attached hydrogens (tertiary/aromatic N) is 1. The normalized spacial score (nSPS) is 18.4. The van der Waals surface area contributed by atoms with Crippen molar-refractivity contribution in [1.29, 1.82) is 0 Å². The van der Waals surface area contributed by atoms with E-state index < -0.39 is 18.1 Å². The minimum absolute atomic E-state index is 0.0449. The molecule has 2 rings (SSSR count). The highest BCUT2D eigenvalue weighted by Gasteiger charge is 2.34. The predicted molar refractivity (Wildman–Crippen MR) is 145 cm³/mol. The lowest BCUT2D eigenvalue weighted by molar-refractivity contribution is -0.134. The topological polar surface area (TPSA) is 120 Å². The predicted octanol–water partition coefficient (Wildman–Crippen LogP) is 3.73. The molecule has 8 nitrogen and oxygen atoms in total. The van der Waals surface area contributed by atoms with Crippen molar-refractivity contribution in [3.63, 3.8) is 0 Å². The van der Waals surface area contributed by atoms with Crippen LogP contribution < -0.4 is 16.0 Å². The fourth-order valence-corrected chi connectivity index (χ4v) is 5.21. The summed E-state index contributed by atoms with van der Waals surface area (Å²) in [5.74, 6) is -0.791. The van der Waals surface area contributed by atoms with Crippen molar-refractivity contribution in [2.75, 3.05) is 0 Å². The van der Waals surface area contributed by atoms with Gasteiger partial charge >= 0.3 is 0 Å². The maximum atomic E-state index is 13.5. The molecule has 0 aliphatic heterocycles. The number of hydrogen-bond donors (Lipinski definition) is 4. The molecule has 0 saturated heterocycles. The van der Waals surface area contributed by atoms with Gasteiger partial charge in [0.1, 0.15) is 6.04 Å². The Bertz CT molecular complexity index is 842. The van der Waals surface area contributed by atoms with Gasteiger partial charge < -0.3 is 21.1 Å². The molecule has 1 aliphatic carbocycles. The van der Waals surface area contributed by atoms with Gasteiger partial charge in [0.15, 0.2) is 0 Å². The maximum Gasteiger partial charge on any atom is 0.243 e. The van der Waals surface area contributed by atoms with Crippen LogP contribution in [0.5, 0.6) is 0 Å². The zero-order chi connectivity index (χ0) is 27.4. The van der Waals surface area contributed by atoms with Crippen LogP contribution in [0.2, 0.25) is 0 Å². The SMILES string of the molecule is CC[C@@H](C)[C@@H](NC(=O)[C@@H](C[C@H](O)[C@H](CC1CCCCC1)NC(C)=O)C(C)C)C(=O)NCc1ccccn1. The molecule has 3 amide bonds. The zero-order valence-electron chi connectivity index (χ0n) is 23.3. The third kappa shape index (κ3) is 10.4. The second-order valence-corrected chi connectivity index (χ2v) is 11.1. The van der Waals surface area contributed by atoms with Gasteiger partial charge in [0.2, 0.25) is 17.7 Å². The van der Waals surface area contributed by atoms with Gasteiger partial charge in [-0.25, -0.2) is 0 Å². The molecule has 1 aromatic heterocycles. The summed E-state index contributed by atoms with van der Waals surface area (Å²) in [6, 6.07) is 4.45. The van der Waals surface area contributed by atoms with Gasteiger partial charge in [-0.05, 0) is 42.7 Å². The van der Waals surface area contributed by atoms with Crippen LogP contribution in [-0.4, -0.2) is 46.0 Å². The number of carbonyl (C=O) groups excluding carboxylic acids is 3. The Balaban J connectivity index is 2.07. The quantitative estimate of drug-likeness (QED) is 0.300. The standard InChI is InChI=1S/C29H48N4O4/c1-6-20(4)27(29(37)31-18-23-14-10-11-15-30-23)33-28(36)24(19(2)3)17-26(35)25(32-21(5)34)16-22-12-8-7-9-13-22/h10-11,14-15,19-20,22,24-27,35H,6-9,12-13,16-18H2,1-5H3,(H,31,37)(H,32,34)(H,33,36)/t20-,24+,25+,26+,27-/m1/s1. The van der Waals surface area contributed by atoms with E-state index >= 15 is 0 Å². The van der Waals surface area contributed by atoms with Crippen LogP contribution in [-0.2, 0) is 20.9 Å². The second kappa shape index (κ2) is 15.7. The highest BCUT2D eigenvalue weighted by molar-refractivity contribution is 5.88. The molecule has 0 spiro atoms. The number of pyridine rings is 1. The summed E-state index contributed by atoms with van der Waals surface area (Å²) in [5, 5.41) is 20.0. The third-order valence-electron chi connectivity index (χ3n) is 7.77. The number of rotatable bonds is 14. The number of amides is 3. The van der Waals surface area contributed by atoms with Gasteiger partial charge in [0, 0.05) is 19.0 Å². The van der Waals surface area contributed by atoms with E-state index in [9.17, 15) is 19.5 Å². The lowest BCUT2D eigenvalue weighted by Crippen LogP contribution is -2.53. The molecule has 37 heavy (non-hydrogen) atoms. The van der Waals surface area contributed by atoms with Crippen LogP contribution in [0, 0.1) is 23.7 Å². The Labute approximate surface area is 222 Å². The van der Waals surface area contributed by atoms with E-state index in [2.05, 4.69) is 20.9 Å². The number of carbonyl (C=O) groups is 3. The van der Waals surface area contributed by atoms with Crippen LogP contribution >= 0.6 is 0 Å². The van der Waals surface area contributed by atoms with E-state index in [4.69, 9.17) is 0 Å². The third-order valence-corrected chi connectivity index (χ3v) is 7.77. The molecular weight excluding hydrogens is 468 g/mol. The Hall–Kier alpha value is -2.48. The molecule has 1 saturated carbocycles. The van der Waals surface area contributed by atoms with Gasteiger partial charge in [-0.1, -0.05) is 72.3 Å². The second-order valence-electron chi connectivity index (χ2n) is 11.1. The molecule has 0 radical (unpaired) electrons. The van der Waals surface area contributed by atoms with E-state index in [1.165, 1.54) is 26.2 Å². The van der Waals surface area contributed by atoms with Crippen LogP contribution in [0.3, 0.4) is 0 Å². The molecule has 0 unspecified atom stereocenters. The van der Waals surface area contributed by atoms with Crippen LogP contribution in [0.25, 0.3) is 0 Å². The smallest absolute Gasteiger partial charge is 0.243 e. The number of aliphatic hydroxyl groups excluding tert-OH is 1. The summed E-state index contributed by atoms with van der Waals surface area (Å²) in [4.78, 5) is 42.7. The van der Waals surface area contributed by atoms with Crippen molar-refractivity contribution in [2.24, 2.45) is 23.7 Å². The molecule has 4 N–H and O–H groups in total. The summed E-state index contributed by atoms with van der Waals surface area (Å²) in [6.45, 7) is 9.59. The number of hydrogen-bond acceptors (Lipinski definition) is 5. The molecular formula is C29H48N4O4. The van der Waals surface area contributed by atoms with E-state index in [0.717, 1.165) is 31.4 Å². The van der Waals surface area contributed by atoms with Gasteiger partial charge in [-0.2, -0.15) is 0 Å². The van der Waals surface area contributed by atoms with Gasteiger partial charge in [-0.15, -0.1) is 0 Å². The minimum atomic E-state index is -0.844. The fraction of sp³-hybridized carbons (Fsp3) is 0.724. The van der Waals surface area contributed by atoms with Gasteiger partial charge in [0.25, 0.3) is 0 Å². The first-order valence-electron chi connectivity index (χ1n) is 14.0. The van der Waals surface area contributed by atoms with Crippen molar-refractivity contribution in [3.05, 3.63) is 30.1 Å². The molecule has 0 aromatic carbocycles. The lowest BCUT2D eigenvalue weighted by Gasteiger charge is -2.33.